The summed E-state index contributed by atoms with van der Waals surface area (Å²) in [6.07, 6.45) is 1.76. The summed E-state index contributed by atoms with van der Waals surface area (Å²) in [5, 5.41) is 0. The largest absolute Gasteiger partial charge is 0.334 e. The Hall–Kier alpha value is -1.16. The first-order chi connectivity index (χ1) is 8.13. The highest BCUT2D eigenvalue weighted by Gasteiger charge is 2.28. The zero-order valence-corrected chi connectivity index (χ0v) is 9.88. The van der Waals surface area contributed by atoms with Crippen LogP contribution in [0.2, 0.25) is 0 Å². The van der Waals surface area contributed by atoms with Crippen molar-refractivity contribution in [1.82, 2.24) is 4.90 Å². The zero-order chi connectivity index (χ0) is 12.4. The SMILES string of the molecule is O=C(c1ccc(F)c(F)c1)N1CCC[C@H]1CCl. The Bertz CT molecular complexity index is 439. The summed E-state index contributed by atoms with van der Waals surface area (Å²) < 4.78 is 25.8. The average Bonchev–Trinajstić information content (AvgIpc) is 2.80. The van der Waals surface area contributed by atoms with E-state index in [1.165, 1.54) is 6.07 Å². The van der Waals surface area contributed by atoms with E-state index < -0.39 is 11.6 Å². The van der Waals surface area contributed by atoms with Gasteiger partial charge in [0.1, 0.15) is 0 Å². The molecule has 0 aromatic heterocycles. The lowest BCUT2D eigenvalue weighted by Gasteiger charge is -2.22. The van der Waals surface area contributed by atoms with E-state index in [0.717, 1.165) is 25.0 Å². The van der Waals surface area contributed by atoms with E-state index in [4.69, 9.17) is 11.6 Å². The lowest BCUT2D eigenvalue weighted by molar-refractivity contribution is 0.0748. The van der Waals surface area contributed by atoms with Crippen LogP contribution in [0.4, 0.5) is 8.78 Å². The second-order valence-electron chi connectivity index (χ2n) is 4.08. The Morgan fingerprint density at radius 2 is 2.18 bits per heavy atom. The molecule has 17 heavy (non-hydrogen) atoms. The van der Waals surface area contributed by atoms with Gasteiger partial charge in [-0.05, 0) is 31.0 Å². The third-order valence-electron chi connectivity index (χ3n) is 2.98. The Morgan fingerprint density at radius 1 is 1.41 bits per heavy atom. The molecule has 1 aliphatic rings. The highest BCUT2D eigenvalue weighted by Crippen LogP contribution is 2.21. The number of nitrogens with zero attached hydrogens (tertiary/aromatic N) is 1. The second kappa shape index (κ2) is 5.00. The smallest absolute Gasteiger partial charge is 0.254 e. The number of likely N-dealkylation sites (tertiary alicyclic amines) is 1. The van der Waals surface area contributed by atoms with Gasteiger partial charge in [0.2, 0.25) is 0 Å². The van der Waals surface area contributed by atoms with Gasteiger partial charge in [-0.1, -0.05) is 0 Å². The predicted octanol–water partition coefficient (Wildman–Crippen LogP) is 2.81. The number of amides is 1. The second-order valence-corrected chi connectivity index (χ2v) is 4.39. The standard InChI is InChI=1S/C12H12ClF2NO/c13-7-9-2-1-5-16(9)12(17)8-3-4-10(14)11(15)6-8/h3-4,6,9H,1-2,5,7H2/t9-/m0/s1. The maximum Gasteiger partial charge on any atom is 0.254 e. The lowest BCUT2D eigenvalue weighted by Crippen LogP contribution is -2.36. The molecule has 0 bridgehead atoms. The normalized spacial score (nSPS) is 19.7. The van der Waals surface area contributed by atoms with Gasteiger partial charge in [-0.2, -0.15) is 0 Å². The molecule has 1 aliphatic heterocycles. The van der Waals surface area contributed by atoms with Gasteiger partial charge >= 0.3 is 0 Å². The molecular weight excluding hydrogens is 248 g/mol. The van der Waals surface area contributed by atoms with Gasteiger partial charge in [0.25, 0.3) is 5.91 Å². The van der Waals surface area contributed by atoms with Crippen molar-refractivity contribution in [3.63, 3.8) is 0 Å². The van der Waals surface area contributed by atoms with Crippen LogP contribution in [0.15, 0.2) is 18.2 Å². The number of benzene rings is 1. The summed E-state index contributed by atoms with van der Waals surface area (Å²) in [5.74, 6) is -1.86. The molecule has 92 valence electrons. The van der Waals surface area contributed by atoms with E-state index in [1.807, 2.05) is 0 Å². The van der Waals surface area contributed by atoms with Crippen molar-refractivity contribution in [2.75, 3.05) is 12.4 Å². The monoisotopic (exact) mass is 259 g/mol. The van der Waals surface area contributed by atoms with Crippen LogP contribution in [0, 0.1) is 11.6 Å². The lowest BCUT2D eigenvalue weighted by atomic mass is 10.1. The molecule has 0 radical (unpaired) electrons. The van der Waals surface area contributed by atoms with Gasteiger partial charge in [0, 0.05) is 24.0 Å². The van der Waals surface area contributed by atoms with Crippen molar-refractivity contribution in [2.24, 2.45) is 0 Å². The number of halogens is 3. The first-order valence-corrected chi connectivity index (χ1v) is 5.99. The summed E-state index contributed by atoms with van der Waals surface area (Å²) in [4.78, 5) is 13.7. The molecule has 0 spiro atoms. The summed E-state index contributed by atoms with van der Waals surface area (Å²) in [5.41, 5.74) is 0.168. The summed E-state index contributed by atoms with van der Waals surface area (Å²) >= 11 is 5.76. The van der Waals surface area contributed by atoms with Crippen LogP contribution in [-0.4, -0.2) is 29.3 Å². The molecular formula is C12H12ClF2NO. The van der Waals surface area contributed by atoms with E-state index in [9.17, 15) is 13.6 Å². The van der Waals surface area contributed by atoms with E-state index in [0.29, 0.717) is 12.4 Å². The van der Waals surface area contributed by atoms with Gasteiger partial charge in [0.05, 0.1) is 0 Å². The Morgan fingerprint density at radius 3 is 2.82 bits per heavy atom. The van der Waals surface area contributed by atoms with Gasteiger partial charge in [0.15, 0.2) is 11.6 Å². The predicted molar refractivity (Wildman–Crippen MR) is 61.1 cm³/mol. The first-order valence-electron chi connectivity index (χ1n) is 5.45. The number of hydrogen-bond acceptors (Lipinski definition) is 1. The summed E-state index contributed by atoms with van der Waals surface area (Å²) in [6, 6.07) is 3.19. The molecule has 0 aliphatic carbocycles. The minimum atomic E-state index is -1.00. The van der Waals surface area contributed by atoms with Gasteiger partial charge < -0.3 is 4.90 Å². The summed E-state index contributed by atoms with van der Waals surface area (Å²) in [7, 11) is 0. The van der Waals surface area contributed by atoms with Gasteiger partial charge in [-0.3, -0.25) is 4.79 Å². The van der Waals surface area contributed by atoms with Crippen molar-refractivity contribution in [3.8, 4) is 0 Å². The van der Waals surface area contributed by atoms with Gasteiger partial charge in [-0.25, -0.2) is 8.78 Å². The molecule has 1 heterocycles. The highest BCUT2D eigenvalue weighted by molar-refractivity contribution is 6.18. The van der Waals surface area contributed by atoms with Crippen LogP contribution in [-0.2, 0) is 0 Å². The van der Waals surface area contributed by atoms with Crippen LogP contribution < -0.4 is 0 Å². The molecule has 0 N–H and O–H groups in total. The minimum Gasteiger partial charge on any atom is -0.334 e. The number of carbonyl (C=O) groups excluding carboxylic acids is 1. The summed E-state index contributed by atoms with van der Waals surface area (Å²) in [6.45, 7) is 0.620. The van der Waals surface area contributed by atoms with Crippen molar-refractivity contribution in [2.45, 2.75) is 18.9 Å². The van der Waals surface area contributed by atoms with E-state index in [-0.39, 0.29) is 17.5 Å². The number of hydrogen-bond donors (Lipinski definition) is 0. The van der Waals surface area contributed by atoms with Crippen molar-refractivity contribution in [1.29, 1.82) is 0 Å². The molecule has 5 heteroatoms. The van der Waals surface area contributed by atoms with E-state index in [1.54, 1.807) is 4.90 Å². The van der Waals surface area contributed by atoms with Crippen LogP contribution in [0.1, 0.15) is 23.2 Å². The molecule has 1 aromatic rings. The Labute approximate surface area is 103 Å². The van der Waals surface area contributed by atoms with E-state index >= 15 is 0 Å². The van der Waals surface area contributed by atoms with Crippen LogP contribution in [0.3, 0.4) is 0 Å². The van der Waals surface area contributed by atoms with Crippen molar-refractivity contribution >= 4 is 17.5 Å². The van der Waals surface area contributed by atoms with Crippen molar-refractivity contribution in [3.05, 3.63) is 35.4 Å². The molecule has 1 aromatic carbocycles. The molecule has 1 saturated heterocycles. The highest BCUT2D eigenvalue weighted by atomic mass is 35.5. The molecule has 0 saturated carbocycles. The molecule has 2 nitrogen and oxygen atoms in total. The molecule has 1 amide bonds. The number of alkyl halides is 1. The van der Waals surface area contributed by atoms with Crippen LogP contribution in [0.25, 0.3) is 0 Å². The molecule has 1 atom stereocenters. The van der Waals surface area contributed by atoms with Gasteiger partial charge in [-0.15, -0.1) is 11.6 Å². The topological polar surface area (TPSA) is 20.3 Å². The fourth-order valence-corrected chi connectivity index (χ4v) is 2.38. The van der Waals surface area contributed by atoms with E-state index in [2.05, 4.69) is 0 Å². The fraction of sp³-hybridized carbons (Fsp3) is 0.417. The number of rotatable bonds is 2. The van der Waals surface area contributed by atoms with Crippen LogP contribution in [0.5, 0.6) is 0 Å². The first kappa shape index (κ1) is 12.3. The molecule has 2 rings (SSSR count). The fourth-order valence-electron chi connectivity index (χ4n) is 2.06. The van der Waals surface area contributed by atoms with Crippen molar-refractivity contribution < 1.29 is 13.6 Å². The maximum absolute atomic E-state index is 13.0. The quantitative estimate of drug-likeness (QED) is 0.748. The third kappa shape index (κ3) is 2.41. The Balaban J connectivity index is 2.21. The molecule has 1 fully saturated rings. The minimum absolute atomic E-state index is 0.00252. The Kier molecular flexibility index (Phi) is 3.62. The zero-order valence-electron chi connectivity index (χ0n) is 9.13. The third-order valence-corrected chi connectivity index (χ3v) is 3.34. The maximum atomic E-state index is 13.0. The number of carbonyl (C=O) groups is 1. The average molecular weight is 260 g/mol. The molecule has 0 unspecified atom stereocenters. The van der Waals surface area contributed by atoms with Crippen LogP contribution >= 0.6 is 11.6 Å².